The van der Waals surface area contributed by atoms with Crippen molar-refractivity contribution in [3.8, 4) is 0 Å². The molecule has 0 aliphatic carbocycles. The zero-order chi connectivity index (χ0) is 13.1. The fourth-order valence-electron chi connectivity index (χ4n) is 2.80. The van der Waals surface area contributed by atoms with Gasteiger partial charge in [0, 0.05) is 0 Å². The molecule has 1 aliphatic heterocycles. The average molecular weight is 255 g/mol. The van der Waals surface area contributed by atoms with E-state index in [1.807, 2.05) is 0 Å². The molecule has 0 N–H and O–H groups in total. The monoisotopic (exact) mass is 255 g/mol. The van der Waals surface area contributed by atoms with Gasteiger partial charge in [-0.3, -0.25) is 0 Å². The molecule has 0 aromatic carbocycles. The Morgan fingerprint density at radius 2 is 1.82 bits per heavy atom. The molecule has 0 amide bonds. The van der Waals surface area contributed by atoms with Gasteiger partial charge >= 0.3 is 14.6 Å². The second kappa shape index (κ2) is 6.54. The second-order valence-electron chi connectivity index (χ2n) is 6.54. The molecule has 0 saturated carbocycles. The van der Waals surface area contributed by atoms with Crippen LogP contribution in [0.2, 0.25) is 5.79 Å². The lowest BCUT2D eigenvalue weighted by Crippen LogP contribution is -2.62. The molecule has 100 valence electrons. The van der Waals surface area contributed by atoms with E-state index >= 15 is 0 Å². The summed E-state index contributed by atoms with van der Waals surface area (Å²) in [4.78, 5) is 2.29. The Balaban J connectivity index is 2.45. The smallest absolute Gasteiger partial charge is 0.371 e. The van der Waals surface area contributed by atoms with Gasteiger partial charge < -0.3 is 12.7 Å². The van der Waals surface area contributed by atoms with Gasteiger partial charge in [-0.05, 0) is 79.4 Å². The van der Waals surface area contributed by atoms with Crippen LogP contribution < -0.4 is 0 Å². The summed E-state index contributed by atoms with van der Waals surface area (Å²) in [6, 6.07) is 0. The summed E-state index contributed by atoms with van der Waals surface area (Å²) in [5.41, 5.74) is 0.353. The van der Waals surface area contributed by atoms with Gasteiger partial charge in [0.05, 0.1) is 0 Å². The lowest BCUT2D eigenvalue weighted by Gasteiger charge is -2.47. The Hall–Kier alpha value is 0.412. The molecule has 1 saturated heterocycles. The Morgan fingerprint density at radius 1 is 1.18 bits per heavy atom. The predicted octanol–water partition coefficient (Wildman–Crippen LogP) is 1.86. The van der Waals surface area contributed by atoms with Crippen molar-refractivity contribution in [2.75, 3.05) is 40.3 Å². The minimum atomic E-state index is -0.864. The van der Waals surface area contributed by atoms with Crippen molar-refractivity contribution in [1.29, 1.82) is 0 Å². The molecule has 17 heavy (non-hydrogen) atoms. The van der Waals surface area contributed by atoms with Gasteiger partial charge in [-0.15, -0.1) is 0 Å². The van der Waals surface area contributed by atoms with E-state index in [2.05, 4.69) is 53.3 Å². The van der Waals surface area contributed by atoms with Crippen molar-refractivity contribution in [3.05, 3.63) is 0 Å². The summed E-state index contributed by atoms with van der Waals surface area (Å²) >= 11 is -0.864. The fraction of sp³-hybridized carbons (Fsp3) is 1.00. The third-order valence-corrected chi connectivity index (χ3v) is 7.24. The summed E-state index contributed by atoms with van der Waals surface area (Å²) in [6.07, 6.45) is 2.65. The van der Waals surface area contributed by atoms with Crippen molar-refractivity contribution in [2.24, 2.45) is 0 Å². The molecule has 1 rings (SSSR count). The first-order valence-corrected chi connectivity index (χ1v) is 9.16. The minimum absolute atomic E-state index is 0.353. The Morgan fingerprint density at radius 3 is 2.35 bits per heavy atom. The molecule has 4 heteroatoms. The van der Waals surface area contributed by atoms with E-state index in [-0.39, 0.29) is 0 Å². The highest BCUT2D eigenvalue weighted by Gasteiger charge is 2.37. The summed E-state index contributed by atoms with van der Waals surface area (Å²) < 4.78 is 5.55. The van der Waals surface area contributed by atoms with Gasteiger partial charge in [-0.25, -0.2) is 0 Å². The number of hydrogen-bond donors (Lipinski definition) is 0. The van der Waals surface area contributed by atoms with E-state index in [9.17, 15) is 0 Å². The van der Waals surface area contributed by atoms with E-state index in [0.717, 1.165) is 0 Å². The number of hydrogen-bond acceptors (Lipinski definition) is 3. The van der Waals surface area contributed by atoms with Crippen LogP contribution in [0.3, 0.4) is 0 Å². The maximum atomic E-state index is 2.78. The highest BCUT2D eigenvalue weighted by atomic mass is 27.2. The van der Waals surface area contributed by atoms with Gasteiger partial charge in [0.25, 0.3) is 0 Å². The molecule has 0 bridgehead atoms. The van der Waals surface area contributed by atoms with Crippen molar-refractivity contribution in [1.82, 2.24) is 12.7 Å². The summed E-state index contributed by atoms with van der Waals surface area (Å²) in [5.74, 6) is 2.50. The van der Waals surface area contributed by atoms with Crippen LogP contribution in [0.5, 0.6) is 0 Å². The first-order chi connectivity index (χ1) is 7.82. The molecule has 0 radical (unpaired) electrons. The number of nitrogens with zero attached hydrogens (tertiary/aromatic N) is 3. The SMILES string of the molecule is CN(C)CCC[N]1CCC[N](C(C)(C)C)[Al]1[CH3]. The Bertz CT molecular complexity index is 225. The van der Waals surface area contributed by atoms with Crippen LogP contribution in [0, 0.1) is 0 Å². The zero-order valence-corrected chi connectivity index (χ0v) is 13.8. The summed E-state index contributed by atoms with van der Waals surface area (Å²) in [5, 5.41) is 0. The molecule has 0 unspecified atom stereocenters. The van der Waals surface area contributed by atoms with E-state index in [0.29, 0.717) is 5.54 Å². The van der Waals surface area contributed by atoms with Crippen molar-refractivity contribution in [2.45, 2.75) is 44.9 Å². The van der Waals surface area contributed by atoms with Crippen molar-refractivity contribution < 1.29 is 0 Å². The van der Waals surface area contributed by atoms with Crippen LogP contribution in [-0.4, -0.2) is 73.1 Å². The van der Waals surface area contributed by atoms with Crippen molar-refractivity contribution >= 4 is 14.6 Å². The third kappa shape index (κ3) is 4.89. The molecule has 1 aliphatic rings. The molecule has 1 fully saturated rings. The van der Waals surface area contributed by atoms with Gasteiger partial charge in [-0.1, -0.05) is 5.79 Å². The lowest BCUT2D eigenvalue weighted by molar-refractivity contribution is 0.183. The minimum Gasteiger partial charge on any atom is -0.371 e. The Labute approximate surface area is 113 Å². The standard InChI is InChI=1S/C12H27N3.CH3.Al/c1-12(2,3)14-10-6-8-13-9-7-11-15(4)5;;/h6-11H2,1-5H3;1H3;/q-2;;+2. The van der Waals surface area contributed by atoms with E-state index in [1.165, 1.54) is 39.0 Å². The fourth-order valence-corrected chi connectivity index (χ4v) is 5.98. The summed E-state index contributed by atoms with van der Waals surface area (Å²) in [6.45, 7) is 12.2. The van der Waals surface area contributed by atoms with Crippen LogP contribution in [0.1, 0.15) is 33.6 Å². The highest BCUT2D eigenvalue weighted by Crippen LogP contribution is 2.21. The van der Waals surface area contributed by atoms with Gasteiger partial charge in [0.2, 0.25) is 0 Å². The first kappa shape index (κ1) is 15.5. The lowest BCUT2D eigenvalue weighted by atomic mass is 10.1. The predicted molar refractivity (Wildman–Crippen MR) is 77.4 cm³/mol. The van der Waals surface area contributed by atoms with Crippen LogP contribution in [0.25, 0.3) is 0 Å². The van der Waals surface area contributed by atoms with E-state index in [1.54, 1.807) is 0 Å². The topological polar surface area (TPSA) is 9.72 Å². The average Bonchev–Trinajstić information content (AvgIpc) is 2.18. The van der Waals surface area contributed by atoms with E-state index in [4.69, 9.17) is 0 Å². The molecular weight excluding hydrogens is 225 g/mol. The molecule has 0 aromatic heterocycles. The third-order valence-electron chi connectivity index (χ3n) is 3.74. The zero-order valence-electron chi connectivity index (χ0n) is 12.7. The maximum Gasteiger partial charge on any atom is 0.485 e. The van der Waals surface area contributed by atoms with Crippen LogP contribution in [0.15, 0.2) is 0 Å². The molecule has 3 nitrogen and oxygen atoms in total. The normalized spacial score (nSPS) is 20.3. The second-order valence-corrected chi connectivity index (χ2v) is 9.16. The maximum absolute atomic E-state index is 2.78. The highest BCUT2D eigenvalue weighted by molar-refractivity contribution is 6.51. The van der Waals surface area contributed by atoms with Crippen LogP contribution in [0.4, 0.5) is 0 Å². The van der Waals surface area contributed by atoms with Crippen LogP contribution >= 0.6 is 0 Å². The Kier molecular flexibility index (Phi) is 5.95. The first-order valence-electron chi connectivity index (χ1n) is 6.98. The van der Waals surface area contributed by atoms with Gasteiger partial charge in [-0.2, -0.15) is 0 Å². The molecular formula is C13H30AlN3. The molecule has 1 heterocycles. The number of rotatable bonds is 4. The summed E-state index contributed by atoms with van der Waals surface area (Å²) in [7, 11) is 4.33. The van der Waals surface area contributed by atoms with Gasteiger partial charge in [0.15, 0.2) is 0 Å². The molecule has 0 aromatic rings. The van der Waals surface area contributed by atoms with E-state index < -0.39 is 14.6 Å². The molecule has 0 spiro atoms. The van der Waals surface area contributed by atoms with Crippen molar-refractivity contribution in [3.63, 3.8) is 0 Å². The van der Waals surface area contributed by atoms with Crippen LogP contribution in [-0.2, 0) is 0 Å². The largest absolute Gasteiger partial charge is 0.485 e. The molecule has 0 atom stereocenters. The quantitative estimate of drug-likeness (QED) is 0.710. The van der Waals surface area contributed by atoms with Gasteiger partial charge in [0.1, 0.15) is 0 Å².